The van der Waals surface area contributed by atoms with Gasteiger partial charge in [-0.25, -0.2) is 0 Å². The average molecular weight is 344 g/mol. The number of aromatic nitrogens is 2. The number of nitrogens with one attached hydrogen (secondary N) is 1. The Morgan fingerprint density at radius 1 is 1.45 bits per heavy atom. The topological polar surface area (TPSA) is 84.4 Å². The van der Waals surface area contributed by atoms with Crippen LogP contribution in [0.4, 0.5) is 5.13 Å². The summed E-state index contributed by atoms with van der Waals surface area (Å²) >= 11 is 2.69. The SMILES string of the molecule is CCC(=O)N(c1nnc(SCC(=O)NCCOC)s1)C1CC1. The average Bonchev–Trinajstić information content (AvgIpc) is 3.23. The van der Waals surface area contributed by atoms with Crippen molar-refractivity contribution in [3.63, 3.8) is 0 Å². The van der Waals surface area contributed by atoms with Crippen LogP contribution in [0.1, 0.15) is 26.2 Å². The number of amides is 2. The first-order valence-electron chi connectivity index (χ1n) is 7.19. The van der Waals surface area contributed by atoms with Crippen LogP contribution in [0.15, 0.2) is 4.34 Å². The third kappa shape index (κ3) is 4.92. The number of hydrogen-bond donors (Lipinski definition) is 1. The summed E-state index contributed by atoms with van der Waals surface area (Å²) in [5.74, 6) is 0.291. The van der Waals surface area contributed by atoms with Gasteiger partial charge >= 0.3 is 0 Å². The molecule has 2 amide bonds. The van der Waals surface area contributed by atoms with Gasteiger partial charge in [0.05, 0.1) is 12.4 Å². The third-order valence-corrected chi connectivity index (χ3v) is 5.10. The molecule has 1 aromatic rings. The highest BCUT2D eigenvalue weighted by Gasteiger charge is 2.35. The summed E-state index contributed by atoms with van der Waals surface area (Å²) in [6.07, 6.45) is 2.51. The molecule has 7 nitrogen and oxygen atoms in total. The summed E-state index contributed by atoms with van der Waals surface area (Å²) in [7, 11) is 1.59. The maximum atomic E-state index is 12.0. The minimum absolute atomic E-state index is 0.0671. The van der Waals surface area contributed by atoms with E-state index in [4.69, 9.17) is 4.74 Å². The standard InChI is InChI=1S/C13H20N4O3S2/c1-3-11(19)17(9-4-5-9)12-15-16-13(22-12)21-8-10(18)14-6-7-20-2/h9H,3-8H2,1-2H3,(H,14,18). The first-order valence-corrected chi connectivity index (χ1v) is 9.00. The van der Waals surface area contributed by atoms with E-state index in [9.17, 15) is 9.59 Å². The number of thioether (sulfide) groups is 1. The molecule has 0 radical (unpaired) electrons. The van der Waals surface area contributed by atoms with E-state index in [1.54, 1.807) is 12.0 Å². The van der Waals surface area contributed by atoms with Gasteiger partial charge in [-0.15, -0.1) is 10.2 Å². The number of carbonyl (C=O) groups is 2. The summed E-state index contributed by atoms with van der Waals surface area (Å²) in [5.41, 5.74) is 0. The van der Waals surface area contributed by atoms with Crippen LogP contribution in [0.25, 0.3) is 0 Å². The molecular formula is C13H20N4O3S2. The number of anilines is 1. The van der Waals surface area contributed by atoms with E-state index in [1.165, 1.54) is 23.1 Å². The van der Waals surface area contributed by atoms with Crippen molar-refractivity contribution in [3.8, 4) is 0 Å². The van der Waals surface area contributed by atoms with Gasteiger partial charge in [-0.1, -0.05) is 30.0 Å². The fraction of sp³-hybridized carbons (Fsp3) is 0.692. The van der Waals surface area contributed by atoms with E-state index in [0.717, 1.165) is 12.8 Å². The number of methoxy groups -OCH3 is 1. The second-order valence-corrected chi connectivity index (χ2v) is 7.01. The van der Waals surface area contributed by atoms with Gasteiger partial charge in [0.1, 0.15) is 0 Å². The zero-order valence-electron chi connectivity index (χ0n) is 12.7. The number of carbonyl (C=O) groups excluding carboxylic acids is 2. The molecule has 122 valence electrons. The van der Waals surface area contributed by atoms with Crippen LogP contribution in [0.3, 0.4) is 0 Å². The molecule has 1 aromatic heterocycles. The minimum atomic E-state index is -0.0671. The van der Waals surface area contributed by atoms with E-state index in [0.29, 0.717) is 29.0 Å². The zero-order valence-corrected chi connectivity index (χ0v) is 14.3. The Bertz CT molecular complexity index is 519. The maximum Gasteiger partial charge on any atom is 0.230 e. The molecule has 0 aromatic carbocycles. The first-order chi connectivity index (χ1) is 10.7. The fourth-order valence-electron chi connectivity index (χ4n) is 1.80. The van der Waals surface area contributed by atoms with Crippen molar-refractivity contribution in [1.82, 2.24) is 15.5 Å². The highest BCUT2D eigenvalue weighted by Crippen LogP contribution is 2.36. The minimum Gasteiger partial charge on any atom is -0.383 e. The summed E-state index contributed by atoms with van der Waals surface area (Å²) in [6, 6.07) is 0.274. The van der Waals surface area contributed by atoms with Crippen LogP contribution in [0.5, 0.6) is 0 Å². The van der Waals surface area contributed by atoms with E-state index in [2.05, 4.69) is 15.5 Å². The lowest BCUT2D eigenvalue weighted by molar-refractivity contribution is -0.119. The van der Waals surface area contributed by atoms with Crippen LogP contribution in [0.2, 0.25) is 0 Å². The van der Waals surface area contributed by atoms with E-state index < -0.39 is 0 Å². The predicted molar refractivity (Wildman–Crippen MR) is 86.3 cm³/mol. The number of nitrogens with zero attached hydrogens (tertiary/aromatic N) is 3. The summed E-state index contributed by atoms with van der Waals surface area (Å²) < 4.78 is 5.57. The van der Waals surface area contributed by atoms with Crippen LogP contribution in [-0.4, -0.2) is 54.1 Å². The quantitative estimate of drug-likeness (QED) is 0.413. The largest absolute Gasteiger partial charge is 0.383 e. The Morgan fingerprint density at radius 3 is 2.86 bits per heavy atom. The molecular weight excluding hydrogens is 324 g/mol. The van der Waals surface area contributed by atoms with E-state index in [-0.39, 0.29) is 23.6 Å². The molecule has 1 heterocycles. The molecule has 1 aliphatic rings. The smallest absolute Gasteiger partial charge is 0.230 e. The lowest BCUT2D eigenvalue weighted by Gasteiger charge is -2.17. The maximum absolute atomic E-state index is 12.0. The van der Waals surface area contributed by atoms with Gasteiger partial charge in [0.15, 0.2) is 4.34 Å². The molecule has 0 atom stereocenters. The summed E-state index contributed by atoms with van der Waals surface area (Å²) in [4.78, 5) is 25.4. The molecule has 0 aliphatic heterocycles. The second kappa shape index (κ2) is 8.44. The molecule has 0 unspecified atom stereocenters. The molecule has 1 N–H and O–H groups in total. The number of ether oxygens (including phenoxy) is 1. The number of rotatable bonds is 9. The zero-order chi connectivity index (χ0) is 15.9. The lowest BCUT2D eigenvalue weighted by Crippen LogP contribution is -2.32. The Labute approximate surface area is 137 Å². The molecule has 9 heteroatoms. The van der Waals surface area contributed by atoms with Gasteiger partial charge in [0.2, 0.25) is 16.9 Å². The number of hydrogen-bond acceptors (Lipinski definition) is 7. The Balaban J connectivity index is 1.85. The van der Waals surface area contributed by atoms with Crippen molar-refractivity contribution in [3.05, 3.63) is 0 Å². The Morgan fingerprint density at radius 2 is 2.23 bits per heavy atom. The molecule has 1 aliphatic carbocycles. The van der Waals surface area contributed by atoms with Crippen molar-refractivity contribution in [2.24, 2.45) is 0 Å². The predicted octanol–water partition coefficient (Wildman–Crippen LogP) is 1.30. The molecule has 1 saturated carbocycles. The Hall–Kier alpha value is -1.19. The molecule has 1 fully saturated rings. The van der Waals surface area contributed by atoms with E-state index >= 15 is 0 Å². The van der Waals surface area contributed by atoms with Crippen molar-refractivity contribution in [1.29, 1.82) is 0 Å². The van der Waals surface area contributed by atoms with Crippen LogP contribution in [-0.2, 0) is 14.3 Å². The molecule has 0 saturated heterocycles. The van der Waals surface area contributed by atoms with Gasteiger partial charge in [-0.05, 0) is 12.8 Å². The van der Waals surface area contributed by atoms with Crippen molar-refractivity contribution in [2.75, 3.05) is 30.9 Å². The highest BCUT2D eigenvalue weighted by atomic mass is 32.2. The molecule has 0 bridgehead atoms. The lowest BCUT2D eigenvalue weighted by atomic mass is 10.4. The first kappa shape index (κ1) is 17.2. The van der Waals surface area contributed by atoms with Gasteiger partial charge in [0, 0.05) is 26.1 Å². The van der Waals surface area contributed by atoms with Crippen molar-refractivity contribution in [2.45, 2.75) is 36.6 Å². The molecule has 22 heavy (non-hydrogen) atoms. The summed E-state index contributed by atoms with van der Waals surface area (Å²) in [6.45, 7) is 2.84. The molecule has 2 rings (SSSR count). The van der Waals surface area contributed by atoms with Crippen LogP contribution < -0.4 is 10.2 Å². The van der Waals surface area contributed by atoms with Crippen molar-refractivity contribution >= 4 is 40.0 Å². The van der Waals surface area contributed by atoms with Gasteiger partial charge in [0.25, 0.3) is 0 Å². The Kier molecular flexibility index (Phi) is 6.59. The van der Waals surface area contributed by atoms with Crippen LogP contribution in [0, 0.1) is 0 Å². The molecule has 0 spiro atoms. The fourth-order valence-corrected chi connectivity index (χ4v) is 3.56. The van der Waals surface area contributed by atoms with E-state index in [1.807, 2.05) is 6.92 Å². The van der Waals surface area contributed by atoms with Crippen molar-refractivity contribution < 1.29 is 14.3 Å². The second-order valence-electron chi connectivity index (χ2n) is 4.83. The van der Waals surface area contributed by atoms with Gasteiger partial charge < -0.3 is 10.1 Å². The monoisotopic (exact) mass is 344 g/mol. The third-order valence-electron chi connectivity index (χ3n) is 3.04. The van der Waals surface area contributed by atoms with Crippen LogP contribution >= 0.6 is 23.1 Å². The van der Waals surface area contributed by atoms with Gasteiger partial charge in [-0.2, -0.15) is 0 Å². The normalized spacial score (nSPS) is 13.9. The van der Waals surface area contributed by atoms with Gasteiger partial charge in [-0.3, -0.25) is 14.5 Å². The summed E-state index contributed by atoms with van der Waals surface area (Å²) in [5, 5.41) is 11.5. The highest BCUT2D eigenvalue weighted by molar-refractivity contribution is 8.01.